The van der Waals surface area contributed by atoms with E-state index in [9.17, 15) is 15.3 Å². The minimum atomic E-state index is -1.30. The molecule has 5 aromatic rings. The summed E-state index contributed by atoms with van der Waals surface area (Å²) in [5.74, 6) is -0.958. The Labute approximate surface area is 298 Å². The van der Waals surface area contributed by atoms with Crippen molar-refractivity contribution in [3.8, 4) is 0 Å². The van der Waals surface area contributed by atoms with Crippen molar-refractivity contribution >= 4 is 10.8 Å². The Morgan fingerprint density at radius 3 is 1.63 bits per heavy atom. The quantitative estimate of drug-likeness (QED) is 0.0828. The van der Waals surface area contributed by atoms with Crippen LogP contribution in [-0.2, 0) is 54.8 Å². The number of ether oxygens (including phenoxy) is 6. The molecule has 1 heterocycles. The van der Waals surface area contributed by atoms with E-state index in [2.05, 4.69) is 30.3 Å². The van der Waals surface area contributed by atoms with Crippen molar-refractivity contribution in [2.45, 2.75) is 57.1 Å². The summed E-state index contributed by atoms with van der Waals surface area (Å²) < 4.78 is 37.8. The second-order valence-corrected chi connectivity index (χ2v) is 12.4. The van der Waals surface area contributed by atoms with Gasteiger partial charge in [0.1, 0.15) is 24.4 Å². The van der Waals surface area contributed by atoms with Gasteiger partial charge in [-0.15, -0.1) is 0 Å². The average molecular weight is 693 g/mol. The monoisotopic (exact) mass is 692 g/mol. The Bertz CT molecular complexity index is 1800. The average Bonchev–Trinajstić information content (AvgIpc) is 3.46. The van der Waals surface area contributed by atoms with Gasteiger partial charge in [0, 0.05) is 0 Å². The highest BCUT2D eigenvalue weighted by Gasteiger charge is 2.38. The van der Waals surface area contributed by atoms with E-state index in [4.69, 9.17) is 28.4 Å². The van der Waals surface area contributed by atoms with E-state index < -0.39 is 48.8 Å². The molecule has 9 heteroatoms. The molecule has 1 aliphatic rings. The van der Waals surface area contributed by atoms with Gasteiger partial charge in [-0.2, -0.15) is 0 Å². The fourth-order valence-corrected chi connectivity index (χ4v) is 5.87. The zero-order valence-electron chi connectivity index (χ0n) is 28.3. The maximum absolute atomic E-state index is 10.5. The zero-order valence-corrected chi connectivity index (χ0v) is 28.3. The van der Waals surface area contributed by atoms with Gasteiger partial charge in [-0.25, -0.2) is 0 Å². The number of rotatable bonds is 19. The Kier molecular flexibility index (Phi) is 13.2. The van der Waals surface area contributed by atoms with E-state index in [0.717, 1.165) is 33.0 Å². The molecule has 9 nitrogen and oxygen atoms in total. The lowest BCUT2D eigenvalue weighted by atomic mass is 10.1. The first-order valence-electron chi connectivity index (χ1n) is 17.1. The van der Waals surface area contributed by atoms with Crippen molar-refractivity contribution in [2.24, 2.45) is 0 Å². The largest absolute Gasteiger partial charge is 0.506 e. The topological polar surface area (TPSA) is 116 Å². The third-order valence-corrected chi connectivity index (χ3v) is 8.65. The van der Waals surface area contributed by atoms with E-state index in [0.29, 0.717) is 13.2 Å². The summed E-state index contributed by atoms with van der Waals surface area (Å²) in [7, 11) is 0. The predicted octanol–water partition coefficient (Wildman–Crippen LogP) is 7.17. The van der Waals surface area contributed by atoms with Crippen molar-refractivity contribution in [2.75, 3.05) is 19.8 Å². The van der Waals surface area contributed by atoms with Gasteiger partial charge >= 0.3 is 0 Å². The first-order chi connectivity index (χ1) is 25.1. The summed E-state index contributed by atoms with van der Waals surface area (Å²) in [6.07, 6.45) is -4.51. The molecule has 6 rings (SSSR count). The molecular weight excluding hydrogens is 648 g/mol. The third-order valence-electron chi connectivity index (χ3n) is 8.65. The molecule has 0 fully saturated rings. The van der Waals surface area contributed by atoms with Gasteiger partial charge in [0.05, 0.1) is 46.2 Å². The number of hydrogen-bond donors (Lipinski definition) is 3. The number of aliphatic hydroxyl groups excluding tert-OH is 3. The Morgan fingerprint density at radius 1 is 0.529 bits per heavy atom. The second kappa shape index (κ2) is 18.6. The number of aliphatic hydroxyl groups is 3. The minimum Gasteiger partial charge on any atom is -0.506 e. The van der Waals surface area contributed by atoms with Gasteiger partial charge in [0.15, 0.2) is 11.5 Å². The van der Waals surface area contributed by atoms with Crippen molar-refractivity contribution in [1.82, 2.24) is 0 Å². The summed E-state index contributed by atoms with van der Waals surface area (Å²) in [4.78, 5) is 0. The molecule has 1 aliphatic heterocycles. The summed E-state index contributed by atoms with van der Waals surface area (Å²) in [6.45, 7) is 0.682. The second-order valence-electron chi connectivity index (χ2n) is 12.4. The van der Waals surface area contributed by atoms with Crippen molar-refractivity contribution in [3.63, 3.8) is 0 Å². The van der Waals surface area contributed by atoms with E-state index in [1.165, 1.54) is 0 Å². The smallest absolute Gasteiger partial charge is 0.220 e. The van der Waals surface area contributed by atoms with Crippen LogP contribution in [0.1, 0.15) is 22.3 Å². The molecule has 266 valence electrons. The molecule has 5 aromatic carbocycles. The third kappa shape index (κ3) is 10.2. The van der Waals surface area contributed by atoms with Crippen LogP contribution in [0.5, 0.6) is 0 Å². The lowest BCUT2D eigenvalue weighted by Gasteiger charge is -2.34. The molecule has 0 bridgehead atoms. The first-order valence-corrected chi connectivity index (χ1v) is 17.1. The maximum atomic E-state index is 10.5. The van der Waals surface area contributed by atoms with Crippen LogP contribution in [0.2, 0.25) is 0 Å². The minimum absolute atomic E-state index is 0.109. The van der Waals surface area contributed by atoms with Crippen LogP contribution in [0.4, 0.5) is 0 Å². The summed E-state index contributed by atoms with van der Waals surface area (Å²) in [6, 6.07) is 43.9. The SMILES string of the molecule is OC[C@H]1O[C@@H](OCC(OCc2ccccc2)C(OCc2ccccc2)C(COCc2ccc3ccccc3c2)OCc2ccccc2)C(O)=C1O. The van der Waals surface area contributed by atoms with Crippen LogP contribution in [0.25, 0.3) is 10.8 Å². The molecule has 3 unspecified atom stereocenters. The molecule has 0 radical (unpaired) electrons. The van der Waals surface area contributed by atoms with Crippen LogP contribution in [0.3, 0.4) is 0 Å². The van der Waals surface area contributed by atoms with Gasteiger partial charge in [0.25, 0.3) is 0 Å². The van der Waals surface area contributed by atoms with Crippen molar-refractivity contribution in [3.05, 3.63) is 167 Å². The fraction of sp³-hybridized carbons (Fsp3) is 0.286. The van der Waals surface area contributed by atoms with Crippen molar-refractivity contribution in [1.29, 1.82) is 0 Å². The van der Waals surface area contributed by atoms with Crippen LogP contribution in [-0.4, -0.2) is 65.8 Å². The Morgan fingerprint density at radius 2 is 1.06 bits per heavy atom. The number of fused-ring (bicyclic) bond motifs is 1. The molecule has 0 saturated heterocycles. The molecule has 0 amide bonds. The summed E-state index contributed by atoms with van der Waals surface area (Å²) >= 11 is 0. The highest BCUT2D eigenvalue weighted by Crippen LogP contribution is 2.27. The van der Waals surface area contributed by atoms with Gasteiger partial charge in [-0.05, 0) is 39.1 Å². The summed E-state index contributed by atoms with van der Waals surface area (Å²) in [5, 5.41) is 32.7. The Balaban J connectivity index is 1.27. The van der Waals surface area contributed by atoms with Crippen LogP contribution in [0.15, 0.2) is 145 Å². The number of hydrogen-bond acceptors (Lipinski definition) is 9. The number of benzene rings is 5. The lowest BCUT2D eigenvalue weighted by molar-refractivity contribution is -0.207. The van der Waals surface area contributed by atoms with Crippen LogP contribution < -0.4 is 0 Å². The molecule has 3 N–H and O–H groups in total. The molecule has 5 atom stereocenters. The van der Waals surface area contributed by atoms with E-state index in [1.54, 1.807) is 0 Å². The van der Waals surface area contributed by atoms with E-state index in [1.807, 2.05) is 103 Å². The normalized spacial score (nSPS) is 17.8. The highest BCUT2D eigenvalue weighted by atomic mass is 16.7. The molecule has 51 heavy (non-hydrogen) atoms. The lowest BCUT2D eigenvalue weighted by Crippen LogP contribution is -2.47. The molecular formula is C42H44O9. The fourth-order valence-electron chi connectivity index (χ4n) is 5.87. The zero-order chi connectivity index (χ0) is 35.3. The molecule has 0 spiro atoms. The first kappa shape index (κ1) is 36.2. The predicted molar refractivity (Wildman–Crippen MR) is 193 cm³/mol. The van der Waals surface area contributed by atoms with E-state index >= 15 is 0 Å². The summed E-state index contributed by atoms with van der Waals surface area (Å²) in [5.41, 5.74) is 3.91. The van der Waals surface area contributed by atoms with Gasteiger partial charge in [-0.3, -0.25) is 0 Å². The maximum Gasteiger partial charge on any atom is 0.220 e. The molecule has 0 aliphatic carbocycles. The van der Waals surface area contributed by atoms with Gasteiger partial charge < -0.3 is 43.7 Å². The highest BCUT2D eigenvalue weighted by molar-refractivity contribution is 5.82. The van der Waals surface area contributed by atoms with Crippen LogP contribution in [0, 0.1) is 0 Å². The molecule has 0 aromatic heterocycles. The Hall–Kier alpha value is -4.58. The van der Waals surface area contributed by atoms with Crippen molar-refractivity contribution < 1.29 is 43.7 Å². The van der Waals surface area contributed by atoms with Gasteiger partial charge in [-0.1, -0.05) is 127 Å². The van der Waals surface area contributed by atoms with E-state index in [-0.39, 0.29) is 26.4 Å². The molecule has 0 saturated carbocycles. The standard InChI is InChI=1S/C42H44O9/c43-23-36-39(44)40(45)42(51-36)50-29-38(48-26-31-14-6-2-7-15-31)41(49-27-32-16-8-3-9-17-32)37(47-25-30-12-4-1-5-13-30)28-46-24-33-20-21-34-18-10-11-19-35(34)22-33/h1-22,36-38,41-45H,23-29H2/t36-,37?,38?,41?,42-/m1/s1. The van der Waals surface area contributed by atoms with Gasteiger partial charge in [0.2, 0.25) is 6.29 Å². The van der Waals surface area contributed by atoms with Crippen LogP contribution >= 0.6 is 0 Å².